The molecule has 1 aromatic carbocycles. The van der Waals surface area contributed by atoms with E-state index in [9.17, 15) is 0 Å². The molecule has 1 fully saturated rings. The summed E-state index contributed by atoms with van der Waals surface area (Å²) in [6.45, 7) is 2.78. The molecule has 0 radical (unpaired) electrons. The van der Waals surface area contributed by atoms with Gasteiger partial charge in [0, 0.05) is 12.6 Å². The topological polar surface area (TPSA) is 30.5 Å². The lowest BCUT2D eigenvalue weighted by Gasteiger charge is -2.10. The maximum Gasteiger partial charge on any atom is 0.118 e. The van der Waals surface area contributed by atoms with E-state index in [-0.39, 0.29) is 0 Å². The van der Waals surface area contributed by atoms with Gasteiger partial charge in [-0.05, 0) is 37.1 Å². The first-order valence-electron chi connectivity index (χ1n) is 5.82. The highest BCUT2D eigenvalue weighted by molar-refractivity contribution is 5.27. The molecule has 1 atom stereocenters. The normalized spacial score (nSPS) is 19.9. The Balaban J connectivity index is 1.71. The van der Waals surface area contributed by atoms with Crippen molar-refractivity contribution in [2.45, 2.75) is 18.9 Å². The Kier molecular flexibility index (Phi) is 4.19. The number of hydrogen-bond acceptors (Lipinski definition) is 3. The Morgan fingerprint density at radius 1 is 1.38 bits per heavy atom. The fourth-order valence-electron chi connectivity index (χ4n) is 1.91. The Labute approximate surface area is 96.8 Å². The van der Waals surface area contributed by atoms with Crippen molar-refractivity contribution in [2.24, 2.45) is 0 Å². The van der Waals surface area contributed by atoms with Gasteiger partial charge in [0.05, 0.1) is 13.7 Å². The van der Waals surface area contributed by atoms with Crippen molar-refractivity contribution in [3.63, 3.8) is 0 Å². The van der Waals surface area contributed by atoms with Crippen LogP contribution in [0.25, 0.3) is 0 Å². The van der Waals surface area contributed by atoms with Crippen LogP contribution in [0.1, 0.15) is 12.0 Å². The summed E-state index contributed by atoms with van der Waals surface area (Å²) in [5.41, 5.74) is 1.34. The summed E-state index contributed by atoms with van der Waals surface area (Å²) in [4.78, 5) is 0. The monoisotopic (exact) mass is 221 g/mol. The van der Waals surface area contributed by atoms with Crippen LogP contribution in [0.3, 0.4) is 0 Å². The Morgan fingerprint density at radius 2 is 2.19 bits per heavy atom. The molecule has 0 saturated carbocycles. The molecule has 2 rings (SSSR count). The molecular weight excluding hydrogens is 202 g/mol. The van der Waals surface area contributed by atoms with Crippen LogP contribution in [-0.4, -0.2) is 32.9 Å². The van der Waals surface area contributed by atoms with E-state index < -0.39 is 0 Å². The first-order chi connectivity index (χ1) is 7.88. The molecule has 0 aromatic heterocycles. The van der Waals surface area contributed by atoms with Crippen LogP contribution in [0.15, 0.2) is 24.3 Å². The summed E-state index contributed by atoms with van der Waals surface area (Å²) in [5, 5.41) is 3.50. The molecule has 3 nitrogen and oxygen atoms in total. The van der Waals surface area contributed by atoms with Crippen molar-refractivity contribution < 1.29 is 9.47 Å². The third-order valence-electron chi connectivity index (χ3n) is 2.94. The lowest BCUT2D eigenvalue weighted by molar-refractivity contribution is 0.190. The van der Waals surface area contributed by atoms with Gasteiger partial charge in [-0.1, -0.05) is 12.1 Å². The second-order valence-corrected chi connectivity index (χ2v) is 4.11. The predicted molar refractivity (Wildman–Crippen MR) is 63.9 cm³/mol. The van der Waals surface area contributed by atoms with E-state index in [1.165, 1.54) is 5.56 Å². The summed E-state index contributed by atoms with van der Waals surface area (Å²) < 4.78 is 10.4. The van der Waals surface area contributed by atoms with Crippen LogP contribution in [0, 0.1) is 0 Å². The van der Waals surface area contributed by atoms with Crippen molar-refractivity contribution in [1.29, 1.82) is 0 Å². The molecule has 1 saturated heterocycles. The van der Waals surface area contributed by atoms with Gasteiger partial charge in [0.25, 0.3) is 0 Å². The van der Waals surface area contributed by atoms with Gasteiger partial charge >= 0.3 is 0 Å². The van der Waals surface area contributed by atoms with E-state index in [0.29, 0.717) is 6.04 Å². The molecule has 0 amide bonds. The van der Waals surface area contributed by atoms with Crippen LogP contribution >= 0.6 is 0 Å². The predicted octanol–water partition coefficient (Wildman–Crippen LogP) is 1.62. The molecular formula is C13H19NO2. The number of ether oxygens (including phenoxy) is 2. The molecule has 88 valence electrons. The first kappa shape index (κ1) is 11.4. The highest BCUT2D eigenvalue weighted by atomic mass is 16.5. The number of nitrogens with one attached hydrogen (secondary N) is 1. The quantitative estimate of drug-likeness (QED) is 0.819. The average Bonchev–Trinajstić information content (AvgIpc) is 2.83. The van der Waals surface area contributed by atoms with E-state index >= 15 is 0 Å². The van der Waals surface area contributed by atoms with Gasteiger partial charge in [0.15, 0.2) is 0 Å². The van der Waals surface area contributed by atoms with Crippen LogP contribution < -0.4 is 10.1 Å². The lowest BCUT2D eigenvalue weighted by Crippen LogP contribution is -2.30. The Hall–Kier alpha value is -1.06. The molecule has 0 aliphatic carbocycles. The van der Waals surface area contributed by atoms with Crippen LogP contribution in [0.2, 0.25) is 0 Å². The number of hydrogen-bond donors (Lipinski definition) is 1. The summed E-state index contributed by atoms with van der Waals surface area (Å²) in [7, 11) is 1.69. The zero-order valence-electron chi connectivity index (χ0n) is 9.74. The summed E-state index contributed by atoms with van der Waals surface area (Å²) in [5.74, 6) is 0.918. The fourth-order valence-corrected chi connectivity index (χ4v) is 1.91. The maximum absolute atomic E-state index is 5.31. The zero-order valence-corrected chi connectivity index (χ0v) is 9.74. The van der Waals surface area contributed by atoms with Crippen LogP contribution in [-0.2, 0) is 11.2 Å². The molecule has 1 N–H and O–H groups in total. The van der Waals surface area contributed by atoms with Crippen LogP contribution in [0.4, 0.5) is 0 Å². The minimum absolute atomic E-state index is 0.554. The number of methoxy groups -OCH3 is 1. The van der Waals surface area contributed by atoms with E-state index in [0.717, 1.165) is 38.3 Å². The van der Waals surface area contributed by atoms with Gasteiger partial charge < -0.3 is 14.8 Å². The third-order valence-corrected chi connectivity index (χ3v) is 2.94. The fraction of sp³-hybridized carbons (Fsp3) is 0.538. The van der Waals surface area contributed by atoms with Gasteiger partial charge in [-0.15, -0.1) is 0 Å². The van der Waals surface area contributed by atoms with Gasteiger partial charge in [-0.2, -0.15) is 0 Å². The van der Waals surface area contributed by atoms with Crippen LogP contribution in [0.5, 0.6) is 5.75 Å². The minimum Gasteiger partial charge on any atom is -0.497 e. The first-order valence-corrected chi connectivity index (χ1v) is 5.82. The highest BCUT2D eigenvalue weighted by Gasteiger charge is 2.13. The minimum atomic E-state index is 0.554. The smallest absolute Gasteiger partial charge is 0.118 e. The molecule has 1 aliphatic rings. The van der Waals surface area contributed by atoms with Gasteiger partial charge in [0.1, 0.15) is 5.75 Å². The molecule has 1 aromatic rings. The Bertz CT molecular complexity index is 304. The van der Waals surface area contributed by atoms with Crippen molar-refractivity contribution in [3.8, 4) is 5.75 Å². The molecule has 1 heterocycles. The third kappa shape index (κ3) is 3.22. The van der Waals surface area contributed by atoms with Gasteiger partial charge in [-0.3, -0.25) is 0 Å². The SMILES string of the molecule is COc1ccc(CCNC2CCOC2)cc1. The lowest BCUT2D eigenvalue weighted by atomic mass is 10.1. The molecule has 16 heavy (non-hydrogen) atoms. The molecule has 0 bridgehead atoms. The summed E-state index contributed by atoms with van der Waals surface area (Å²) in [6.07, 6.45) is 2.20. The second kappa shape index (κ2) is 5.87. The summed E-state index contributed by atoms with van der Waals surface area (Å²) in [6, 6.07) is 8.80. The zero-order chi connectivity index (χ0) is 11.2. The number of rotatable bonds is 5. The number of benzene rings is 1. The second-order valence-electron chi connectivity index (χ2n) is 4.11. The van der Waals surface area contributed by atoms with Gasteiger partial charge in [0.2, 0.25) is 0 Å². The van der Waals surface area contributed by atoms with E-state index in [1.54, 1.807) is 7.11 Å². The maximum atomic E-state index is 5.31. The molecule has 3 heteroatoms. The Morgan fingerprint density at radius 3 is 2.81 bits per heavy atom. The molecule has 1 unspecified atom stereocenters. The molecule has 0 spiro atoms. The van der Waals surface area contributed by atoms with Crippen molar-refractivity contribution >= 4 is 0 Å². The standard InChI is InChI=1S/C13H19NO2/c1-15-13-4-2-11(3-5-13)6-8-14-12-7-9-16-10-12/h2-5,12,14H,6-10H2,1H3. The molecule has 1 aliphatic heterocycles. The van der Waals surface area contributed by atoms with E-state index in [2.05, 4.69) is 17.4 Å². The van der Waals surface area contributed by atoms with Gasteiger partial charge in [-0.25, -0.2) is 0 Å². The van der Waals surface area contributed by atoms with Crippen molar-refractivity contribution in [2.75, 3.05) is 26.9 Å². The highest BCUT2D eigenvalue weighted by Crippen LogP contribution is 2.11. The van der Waals surface area contributed by atoms with Crippen molar-refractivity contribution in [1.82, 2.24) is 5.32 Å². The summed E-state index contributed by atoms with van der Waals surface area (Å²) >= 11 is 0. The largest absolute Gasteiger partial charge is 0.497 e. The van der Waals surface area contributed by atoms with E-state index in [4.69, 9.17) is 9.47 Å². The van der Waals surface area contributed by atoms with E-state index in [1.807, 2.05) is 12.1 Å². The van der Waals surface area contributed by atoms with Crippen molar-refractivity contribution in [3.05, 3.63) is 29.8 Å². The average molecular weight is 221 g/mol.